The number of benzene rings is 3. The summed E-state index contributed by atoms with van der Waals surface area (Å²) in [4.78, 5) is 34.3. The van der Waals surface area contributed by atoms with Gasteiger partial charge in [0.2, 0.25) is 6.79 Å². The molecule has 0 fully saturated rings. The monoisotopic (exact) mass is 515 g/mol. The summed E-state index contributed by atoms with van der Waals surface area (Å²) < 4.78 is 42.9. The number of sulfonamides is 1. The van der Waals surface area contributed by atoms with Crippen molar-refractivity contribution in [1.82, 2.24) is 0 Å². The Morgan fingerprint density at radius 3 is 2.42 bits per heavy atom. The number of rotatable bonds is 8. The molecule has 186 valence electrons. The average Bonchev–Trinajstić information content (AvgIpc) is 3.31. The number of hydrogen-bond donors (Lipinski definition) is 3. The van der Waals surface area contributed by atoms with E-state index in [1.807, 2.05) is 0 Å². The summed E-state index contributed by atoms with van der Waals surface area (Å²) in [5.41, 5.74) is -0.306. The molecule has 3 aromatic carbocycles. The first kappa shape index (κ1) is 24.3. The predicted octanol–water partition coefficient (Wildman–Crippen LogP) is 2.63. The Balaban J connectivity index is 1.41. The number of nitro benzene ring substituents is 1. The average molecular weight is 515 g/mol. The van der Waals surface area contributed by atoms with Crippen LogP contribution in [0.3, 0.4) is 0 Å². The van der Waals surface area contributed by atoms with Crippen LogP contribution in [0, 0.1) is 10.1 Å². The molecule has 1 aliphatic rings. The van der Waals surface area contributed by atoms with E-state index in [1.165, 1.54) is 18.2 Å². The second-order valence-electron chi connectivity index (χ2n) is 7.28. The molecule has 0 aromatic heterocycles. The molecule has 1 aliphatic heterocycles. The molecule has 0 aliphatic carbocycles. The van der Waals surface area contributed by atoms with Crippen LogP contribution in [0.25, 0.3) is 0 Å². The van der Waals surface area contributed by atoms with Gasteiger partial charge in [0.1, 0.15) is 11.3 Å². The van der Waals surface area contributed by atoms with E-state index >= 15 is 0 Å². The number of amides is 1. The molecule has 3 N–H and O–H groups in total. The Kier molecular flexibility index (Phi) is 6.60. The Bertz CT molecular complexity index is 1460. The summed E-state index contributed by atoms with van der Waals surface area (Å²) in [6.45, 7) is -0.656. The number of carbonyl (C=O) groups excluding carboxylic acids is 2. The summed E-state index contributed by atoms with van der Waals surface area (Å²) in [6.07, 6.45) is 0. The molecule has 1 heterocycles. The fraction of sp³-hybridized carbons (Fsp3) is 0.0909. The lowest BCUT2D eigenvalue weighted by Gasteiger charge is -2.11. The van der Waals surface area contributed by atoms with E-state index in [9.17, 15) is 33.2 Å². The summed E-state index contributed by atoms with van der Waals surface area (Å²) >= 11 is 0. The highest BCUT2D eigenvalue weighted by atomic mass is 32.2. The number of phenols is 1. The Morgan fingerprint density at radius 2 is 1.69 bits per heavy atom. The fourth-order valence-electron chi connectivity index (χ4n) is 3.09. The standard InChI is InChI=1S/C22H17N3O10S/c26-18-7-6-16(36(31,32)24-13-1-4-15(5-2-13)25(29)30)10-17(18)22(28)33-11-21(27)23-14-3-8-19-20(9-14)35-12-34-19/h1-10,24,26H,11-12H2,(H,23,27). The van der Waals surface area contributed by atoms with Crippen LogP contribution in [-0.4, -0.2) is 43.7 Å². The van der Waals surface area contributed by atoms with Crippen molar-refractivity contribution in [2.75, 3.05) is 23.4 Å². The van der Waals surface area contributed by atoms with Crippen molar-refractivity contribution >= 4 is 39.0 Å². The number of non-ortho nitro benzene ring substituents is 1. The van der Waals surface area contributed by atoms with E-state index in [-0.39, 0.29) is 18.2 Å². The molecule has 0 saturated carbocycles. The normalized spacial score (nSPS) is 12.0. The van der Waals surface area contributed by atoms with Crippen molar-refractivity contribution in [2.45, 2.75) is 4.90 Å². The summed E-state index contributed by atoms with van der Waals surface area (Å²) in [5, 5.41) is 23.3. The maximum absolute atomic E-state index is 12.7. The molecule has 0 bridgehead atoms. The third-order valence-electron chi connectivity index (χ3n) is 4.82. The van der Waals surface area contributed by atoms with Crippen molar-refractivity contribution in [2.24, 2.45) is 0 Å². The van der Waals surface area contributed by atoms with Gasteiger partial charge < -0.3 is 24.6 Å². The molecular weight excluding hydrogens is 498 g/mol. The molecule has 0 atom stereocenters. The van der Waals surface area contributed by atoms with Gasteiger partial charge in [-0.15, -0.1) is 0 Å². The maximum Gasteiger partial charge on any atom is 0.342 e. The van der Waals surface area contributed by atoms with Gasteiger partial charge in [-0.2, -0.15) is 0 Å². The Morgan fingerprint density at radius 1 is 1.00 bits per heavy atom. The van der Waals surface area contributed by atoms with Crippen LogP contribution in [0.1, 0.15) is 10.4 Å². The Labute approximate surface area is 203 Å². The predicted molar refractivity (Wildman–Crippen MR) is 123 cm³/mol. The number of aromatic hydroxyl groups is 1. The molecular formula is C22H17N3O10S. The van der Waals surface area contributed by atoms with Gasteiger partial charge in [-0.1, -0.05) is 0 Å². The number of nitrogens with zero attached hydrogens (tertiary/aromatic N) is 1. The summed E-state index contributed by atoms with van der Waals surface area (Å²) in [6, 6.07) is 12.2. The van der Waals surface area contributed by atoms with Crippen LogP contribution in [0.4, 0.5) is 17.1 Å². The largest absolute Gasteiger partial charge is 0.507 e. The van der Waals surface area contributed by atoms with Gasteiger partial charge in [-0.25, -0.2) is 13.2 Å². The van der Waals surface area contributed by atoms with Crippen molar-refractivity contribution in [3.05, 3.63) is 76.3 Å². The number of phenolic OH excluding ortho intramolecular Hbond substituents is 1. The summed E-state index contributed by atoms with van der Waals surface area (Å²) in [5.74, 6) is -1.43. The molecule has 14 heteroatoms. The molecule has 13 nitrogen and oxygen atoms in total. The number of esters is 1. The third-order valence-corrected chi connectivity index (χ3v) is 6.20. The molecule has 0 radical (unpaired) electrons. The molecule has 0 spiro atoms. The molecule has 4 rings (SSSR count). The zero-order chi connectivity index (χ0) is 25.9. The van der Waals surface area contributed by atoms with Gasteiger partial charge in [0.15, 0.2) is 18.1 Å². The second-order valence-corrected chi connectivity index (χ2v) is 8.96. The SMILES string of the molecule is O=C(COC(=O)c1cc(S(=O)(=O)Nc2ccc([N+](=O)[O-])cc2)ccc1O)Nc1ccc2c(c1)OCO2. The molecule has 36 heavy (non-hydrogen) atoms. The molecule has 1 amide bonds. The van der Waals surface area contributed by atoms with E-state index in [2.05, 4.69) is 10.0 Å². The van der Waals surface area contributed by atoms with Gasteiger partial charge in [0, 0.05) is 29.6 Å². The van der Waals surface area contributed by atoms with E-state index in [0.717, 1.165) is 30.3 Å². The zero-order valence-corrected chi connectivity index (χ0v) is 19.0. The van der Waals surface area contributed by atoms with Gasteiger partial charge in [-0.3, -0.25) is 19.6 Å². The van der Waals surface area contributed by atoms with Gasteiger partial charge in [-0.05, 0) is 42.5 Å². The minimum absolute atomic E-state index is 0.0398. The minimum Gasteiger partial charge on any atom is -0.507 e. The van der Waals surface area contributed by atoms with Gasteiger partial charge in [0.25, 0.3) is 21.6 Å². The van der Waals surface area contributed by atoms with Crippen LogP contribution in [0.5, 0.6) is 17.2 Å². The third kappa shape index (κ3) is 5.44. The Hall–Kier alpha value is -4.85. The van der Waals surface area contributed by atoms with Crippen molar-refractivity contribution in [3.8, 4) is 17.2 Å². The van der Waals surface area contributed by atoms with Gasteiger partial charge >= 0.3 is 5.97 Å². The molecule has 0 saturated heterocycles. The first-order valence-electron chi connectivity index (χ1n) is 10.1. The lowest BCUT2D eigenvalue weighted by atomic mass is 10.2. The number of hydrogen-bond acceptors (Lipinski definition) is 10. The highest BCUT2D eigenvalue weighted by Gasteiger charge is 2.22. The number of nitrogens with one attached hydrogen (secondary N) is 2. The van der Waals surface area contributed by atoms with E-state index in [0.29, 0.717) is 17.2 Å². The first-order chi connectivity index (χ1) is 17.1. The van der Waals surface area contributed by atoms with E-state index in [4.69, 9.17) is 14.2 Å². The van der Waals surface area contributed by atoms with Gasteiger partial charge in [0.05, 0.1) is 9.82 Å². The molecule has 0 unspecified atom stereocenters. The van der Waals surface area contributed by atoms with Crippen molar-refractivity contribution in [3.63, 3.8) is 0 Å². The van der Waals surface area contributed by atoms with Crippen molar-refractivity contribution < 1.29 is 42.2 Å². The lowest BCUT2D eigenvalue weighted by Crippen LogP contribution is -2.21. The first-order valence-corrected chi connectivity index (χ1v) is 11.6. The highest BCUT2D eigenvalue weighted by molar-refractivity contribution is 7.92. The smallest absolute Gasteiger partial charge is 0.342 e. The number of anilines is 2. The number of carbonyl (C=O) groups is 2. The van der Waals surface area contributed by atoms with E-state index in [1.54, 1.807) is 12.1 Å². The van der Waals surface area contributed by atoms with Crippen LogP contribution >= 0.6 is 0 Å². The van der Waals surface area contributed by atoms with E-state index < -0.39 is 49.6 Å². The fourth-order valence-corrected chi connectivity index (χ4v) is 4.18. The minimum atomic E-state index is -4.24. The van der Waals surface area contributed by atoms with Crippen LogP contribution in [0.2, 0.25) is 0 Å². The lowest BCUT2D eigenvalue weighted by molar-refractivity contribution is -0.384. The topological polar surface area (TPSA) is 183 Å². The quantitative estimate of drug-likeness (QED) is 0.229. The van der Waals surface area contributed by atoms with Crippen LogP contribution < -0.4 is 19.5 Å². The van der Waals surface area contributed by atoms with Crippen LogP contribution in [-0.2, 0) is 19.6 Å². The van der Waals surface area contributed by atoms with Crippen molar-refractivity contribution in [1.29, 1.82) is 0 Å². The summed E-state index contributed by atoms with van der Waals surface area (Å²) in [7, 11) is -4.24. The number of ether oxygens (including phenoxy) is 3. The highest BCUT2D eigenvalue weighted by Crippen LogP contribution is 2.34. The van der Waals surface area contributed by atoms with Crippen LogP contribution in [0.15, 0.2) is 65.6 Å². The number of fused-ring (bicyclic) bond motifs is 1. The number of nitro groups is 1. The zero-order valence-electron chi connectivity index (χ0n) is 18.2. The maximum atomic E-state index is 12.7. The second kappa shape index (κ2) is 9.79. The molecule has 3 aromatic rings.